The van der Waals surface area contributed by atoms with Gasteiger partial charge in [0.15, 0.2) is 11.2 Å². The summed E-state index contributed by atoms with van der Waals surface area (Å²) >= 11 is 2.26. The molecule has 0 aliphatic heterocycles. The molecule has 0 aliphatic carbocycles. The fourth-order valence-corrected chi connectivity index (χ4v) is 2.50. The highest BCUT2D eigenvalue weighted by molar-refractivity contribution is 14.1. The van der Waals surface area contributed by atoms with Crippen molar-refractivity contribution in [3.05, 3.63) is 37.7 Å². The van der Waals surface area contributed by atoms with E-state index < -0.39 is 0 Å². The molecule has 0 saturated heterocycles. The molecule has 1 aromatic carbocycles. The molecule has 0 aliphatic rings. The van der Waals surface area contributed by atoms with E-state index in [1.54, 1.807) is 0 Å². The second-order valence-corrected chi connectivity index (χ2v) is 5.25. The zero-order valence-corrected chi connectivity index (χ0v) is 12.1. The highest BCUT2D eigenvalue weighted by atomic mass is 127. The molecule has 4 N–H and O–H groups in total. The Morgan fingerprint density at radius 3 is 2.84 bits per heavy atom. The van der Waals surface area contributed by atoms with E-state index in [1.807, 2.05) is 25.1 Å². The van der Waals surface area contributed by atoms with Gasteiger partial charge in [-0.2, -0.15) is 4.98 Å². The van der Waals surface area contributed by atoms with Gasteiger partial charge in [0.1, 0.15) is 5.82 Å². The van der Waals surface area contributed by atoms with Gasteiger partial charge in [-0.05, 0) is 35.1 Å². The number of halogens is 1. The summed E-state index contributed by atoms with van der Waals surface area (Å²) in [6.45, 7) is 2.02. The number of nitrogen functional groups attached to an aromatic ring is 1. The SMILES string of the molecule is Cc1cccc(-c2nc3nc(N)[nH]c(=O)c3[nH]2)c1I. The average molecular weight is 367 g/mol. The zero-order valence-electron chi connectivity index (χ0n) is 9.99. The number of aromatic amines is 2. The Balaban J connectivity index is 2.30. The molecular formula is C12H10IN5O. The van der Waals surface area contributed by atoms with E-state index >= 15 is 0 Å². The van der Waals surface area contributed by atoms with Crippen LogP contribution < -0.4 is 11.3 Å². The van der Waals surface area contributed by atoms with Gasteiger partial charge in [0.2, 0.25) is 5.95 Å². The predicted octanol–water partition coefficient (Wildman–Crippen LogP) is 1.81. The van der Waals surface area contributed by atoms with Crippen LogP contribution in [0.25, 0.3) is 22.6 Å². The van der Waals surface area contributed by atoms with Gasteiger partial charge < -0.3 is 10.7 Å². The molecule has 0 amide bonds. The van der Waals surface area contributed by atoms with E-state index in [4.69, 9.17) is 5.73 Å². The van der Waals surface area contributed by atoms with Crippen molar-refractivity contribution in [3.8, 4) is 11.4 Å². The van der Waals surface area contributed by atoms with Crippen molar-refractivity contribution in [2.75, 3.05) is 5.73 Å². The second-order valence-electron chi connectivity index (χ2n) is 4.17. The number of nitrogens with zero attached hydrogens (tertiary/aromatic N) is 2. The number of benzene rings is 1. The van der Waals surface area contributed by atoms with Gasteiger partial charge in [-0.1, -0.05) is 18.2 Å². The molecule has 19 heavy (non-hydrogen) atoms. The molecule has 0 fully saturated rings. The van der Waals surface area contributed by atoms with Crippen LogP contribution in [0.15, 0.2) is 23.0 Å². The molecule has 7 heteroatoms. The number of hydrogen-bond donors (Lipinski definition) is 3. The summed E-state index contributed by atoms with van der Waals surface area (Å²) in [7, 11) is 0. The van der Waals surface area contributed by atoms with Crippen molar-refractivity contribution in [2.24, 2.45) is 0 Å². The van der Waals surface area contributed by atoms with E-state index in [0.717, 1.165) is 14.7 Å². The van der Waals surface area contributed by atoms with Crippen molar-refractivity contribution in [1.29, 1.82) is 0 Å². The van der Waals surface area contributed by atoms with Crippen molar-refractivity contribution in [1.82, 2.24) is 19.9 Å². The molecular weight excluding hydrogens is 357 g/mol. The highest BCUT2D eigenvalue weighted by Crippen LogP contribution is 2.26. The number of hydrogen-bond acceptors (Lipinski definition) is 4. The lowest BCUT2D eigenvalue weighted by atomic mass is 10.1. The van der Waals surface area contributed by atoms with Crippen LogP contribution in [0.5, 0.6) is 0 Å². The fourth-order valence-electron chi connectivity index (χ4n) is 1.88. The molecule has 0 unspecified atom stereocenters. The van der Waals surface area contributed by atoms with Crippen LogP contribution in [0.3, 0.4) is 0 Å². The van der Waals surface area contributed by atoms with Crippen LogP contribution in [-0.2, 0) is 0 Å². The lowest BCUT2D eigenvalue weighted by Gasteiger charge is -2.03. The van der Waals surface area contributed by atoms with Crippen LogP contribution in [0.4, 0.5) is 5.95 Å². The van der Waals surface area contributed by atoms with Crippen LogP contribution in [0.2, 0.25) is 0 Å². The number of fused-ring (bicyclic) bond motifs is 1. The monoisotopic (exact) mass is 367 g/mol. The van der Waals surface area contributed by atoms with Gasteiger partial charge in [0, 0.05) is 9.13 Å². The number of H-pyrrole nitrogens is 2. The number of aromatic nitrogens is 4. The van der Waals surface area contributed by atoms with E-state index in [9.17, 15) is 4.79 Å². The summed E-state index contributed by atoms with van der Waals surface area (Å²) in [6, 6.07) is 5.92. The Hall–Kier alpha value is -1.90. The number of imidazole rings is 1. The maximum atomic E-state index is 11.7. The Kier molecular flexibility index (Phi) is 2.77. The maximum absolute atomic E-state index is 11.7. The Morgan fingerprint density at radius 1 is 1.26 bits per heavy atom. The lowest BCUT2D eigenvalue weighted by molar-refractivity contribution is 1.17. The number of anilines is 1. The summed E-state index contributed by atoms with van der Waals surface area (Å²) in [5.41, 5.74) is 7.94. The molecule has 6 nitrogen and oxygen atoms in total. The van der Waals surface area contributed by atoms with E-state index in [2.05, 4.69) is 42.5 Å². The first-order valence-electron chi connectivity index (χ1n) is 5.57. The molecule has 0 spiro atoms. The summed E-state index contributed by atoms with van der Waals surface area (Å²) in [5, 5.41) is 0. The lowest BCUT2D eigenvalue weighted by Crippen LogP contribution is -2.10. The molecule has 3 rings (SSSR count). The topological polar surface area (TPSA) is 100 Å². The van der Waals surface area contributed by atoms with Gasteiger partial charge in [-0.3, -0.25) is 9.78 Å². The number of rotatable bonds is 1. The number of nitrogens with two attached hydrogens (primary N) is 1. The normalized spacial score (nSPS) is 11.1. The van der Waals surface area contributed by atoms with Crippen molar-refractivity contribution < 1.29 is 0 Å². The number of aryl methyl sites for hydroxylation is 1. The smallest absolute Gasteiger partial charge is 0.278 e. The molecule has 3 aromatic rings. The van der Waals surface area contributed by atoms with Crippen LogP contribution in [-0.4, -0.2) is 19.9 Å². The first-order valence-corrected chi connectivity index (χ1v) is 6.65. The Bertz CT molecular complexity index is 836. The summed E-state index contributed by atoms with van der Waals surface area (Å²) < 4.78 is 1.09. The van der Waals surface area contributed by atoms with Gasteiger partial charge in [0.25, 0.3) is 5.56 Å². The molecule has 2 heterocycles. The van der Waals surface area contributed by atoms with Gasteiger partial charge in [-0.25, -0.2) is 4.98 Å². The third-order valence-electron chi connectivity index (χ3n) is 2.83. The molecule has 0 saturated carbocycles. The van der Waals surface area contributed by atoms with E-state index in [-0.39, 0.29) is 11.5 Å². The summed E-state index contributed by atoms with van der Waals surface area (Å²) in [4.78, 5) is 25.5. The van der Waals surface area contributed by atoms with Crippen LogP contribution in [0.1, 0.15) is 5.56 Å². The summed E-state index contributed by atoms with van der Waals surface area (Å²) in [5.74, 6) is 0.682. The first-order chi connectivity index (χ1) is 9.06. The van der Waals surface area contributed by atoms with Crippen LogP contribution in [0, 0.1) is 10.5 Å². The largest absolute Gasteiger partial charge is 0.369 e. The molecule has 0 atom stereocenters. The Morgan fingerprint density at radius 2 is 2.05 bits per heavy atom. The highest BCUT2D eigenvalue weighted by Gasteiger charge is 2.12. The molecule has 2 aromatic heterocycles. The second kappa shape index (κ2) is 4.34. The quantitative estimate of drug-likeness (QED) is 0.571. The van der Waals surface area contributed by atoms with Gasteiger partial charge in [0.05, 0.1) is 0 Å². The Labute approximate surface area is 121 Å². The van der Waals surface area contributed by atoms with Crippen molar-refractivity contribution >= 4 is 39.7 Å². The minimum absolute atomic E-state index is 0.0643. The minimum Gasteiger partial charge on any atom is -0.369 e. The molecule has 96 valence electrons. The standard InChI is InChI=1S/C12H10IN5O/c1-5-3-2-4-6(7(5)13)9-15-8-10(16-9)17-12(14)18-11(8)19/h2-4H,1H3,(H4,14,15,16,17,18,19). The number of nitrogens with one attached hydrogen (secondary N) is 2. The first kappa shape index (κ1) is 12.2. The van der Waals surface area contributed by atoms with E-state index in [1.165, 1.54) is 0 Å². The van der Waals surface area contributed by atoms with Crippen LogP contribution >= 0.6 is 22.6 Å². The third-order valence-corrected chi connectivity index (χ3v) is 4.26. The third kappa shape index (κ3) is 1.99. The van der Waals surface area contributed by atoms with Gasteiger partial charge >= 0.3 is 0 Å². The fraction of sp³-hybridized carbons (Fsp3) is 0.0833. The minimum atomic E-state index is -0.316. The molecule has 0 radical (unpaired) electrons. The van der Waals surface area contributed by atoms with Gasteiger partial charge in [-0.15, -0.1) is 0 Å². The predicted molar refractivity (Wildman–Crippen MR) is 81.8 cm³/mol. The average Bonchev–Trinajstić information content (AvgIpc) is 2.76. The van der Waals surface area contributed by atoms with Crippen molar-refractivity contribution in [3.63, 3.8) is 0 Å². The maximum Gasteiger partial charge on any atom is 0.278 e. The van der Waals surface area contributed by atoms with E-state index in [0.29, 0.717) is 17.0 Å². The summed E-state index contributed by atoms with van der Waals surface area (Å²) in [6.07, 6.45) is 0. The van der Waals surface area contributed by atoms with Crippen molar-refractivity contribution in [2.45, 2.75) is 6.92 Å². The molecule has 0 bridgehead atoms. The zero-order chi connectivity index (χ0) is 13.6.